The summed E-state index contributed by atoms with van der Waals surface area (Å²) in [6, 6.07) is 11.7. The molecule has 2 aromatic rings. The Morgan fingerprint density at radius 2 is 1.72 bits per heavy atom. The van der Waals surface area contributed by atoms with Crippen LogP contribution < -0.4 is 5.32 Å². The summed E-state index contributed by atoms with van der Waals surface area (Å²) in [5, 5.41) is 13.9. The van der Waals surface area contributed by atoms with E-state index in [1.807, 2.05) is 30.3 Å². The van der Waals surface area contributed by atoms with E-state index in [0.717, 1.165) is 30.0 Å². The highest BCUT2D eigenvalue weighted by Gasteiger charge is 2.26. The molecule has 0 saturated heterocycles. The zero-order chi connectivity index (χ0) is 21.8. The standard InChI is InChI=1S/C19H20N2O7S/c1-12(14-7-5-4-6-8-14)20-18(22)13(2)28-19(23)15-9-10-17(29(3,26)27)16(11-15)21(24)25/h4-13H,1-3H3,(H,20,22)/t12-,13-/m0/s1. The van der Waals surface area contributed by atoms with Gasteiger partial charge in [-0.25, -0.2) is 13.2 Å². The molecule has 0 unspecified atom stereocenters. The van der Waals surface area contributed by atoms with Crippen molar-refractivity contribution in [2.24, 2.45) is 0 Å². The summed E-state index contributed by atoms with van der Waals surface area (Å²) in [5.74, 6) is -1.53. The number of rotatable bonds is 7. The van der Waals surface area contributed by atoms with Crippen LogP contribution in [-0.2, 0) is 19.4 Å². The number of nitro benzene ring substituents is 1. The van der Waals surface area contributed by atoms with Crippen LogP contribution >= 0.6 is 0 Å². The van der Waals surface area contributed by atoms with Crippen LogP contribution in [0.1, 0.15) is 35.8 Å². The maximum atomic E-state index is 12.3. The molecule has 0 aliphatic rings. The van der Waals surface area contributed by atoms with E-state index in [2.05, 4.69) is 5.32 Å². The number of carbonyl (C=O) groups is 2. The number of esters is 1. The van der Waals surface area contributed by atoms with E-state index < -0.39 is 43.3 Å². The molecule has 0 heterocycles. The summed E-state index contributed by atoms with van der Waals surface area (Å²) in [4.78, 5) is 34.3. The minimum atomic E-state index is -3.86. The first-order valence-electron chi connectivity index (χ1n) is 8.55. The lowest BCUT2D eigenvalue weighted by atomic mass is 10.1. The van der Waals surface area contributed by atoms with Gasteiger partial charge in [-0.2, -0.15) is 0 Å². The van der Waals surface area contributed by atoms with Crippen LogP contribution in [0.4, 0.5) is 5.69 Å². The molecule has 29 heavy (non-hydrogen) atoms. The van der Waals surface area contributed by atoms with Gasteiger partial charge in [-0.15, -0.1) is 0 Å². The maximum absolute atomic E-state index is 12.3. The second kappa shape index (κ2) is 8.82. The number of sulfone groups is 1. The van der Waals surface area contributed by atoms with E-state index in [1.165, 1.54) is 6.92 Å². The van der Waals surface area contributed by atoms with Crippen LogP contribution in [0.25, 0.3) is 0 Å². The Balaban J connectivity index is 2.12. The van der Waals surface area contributed by atoms with Crippen molar-refractivity contribution in [3.63, 3.8) is 0 Å². The van der Waals surface area contributed by atoms with Crippen molar-refractivity contribution in [3.05, 3.63) is 69.8 Å². The molecule has 0 aliphatic carbocycles. The van der Waals surface area contributed by atoms with Crippen LogP contribution in [-0.4, -0.2) is 37.6 Å². The van der Waals surface area contributed by atoms with Crippen molar-refractivity contribution < 1.29 is 27.7 Å². The fraction of sp³-hybridized carbons (Fsp3) is 0.263. The lowest BCUT2D eigenvalue weighted by molar-refractivity contribution is -0.387. The Labute approximate surface area is 167 Å². The second-order valence-electron chi connectivity index (χ2n) is 6.40. The summed E-state index contributed by atoms with van der Waals surface area (Å²) in [6.45, 7) is 3.14. The Kier molecular flexibility index (Phi) is 6.70. The topological polar surface area (TPSA) is 133 Å². The summed E-state index contributed by atoms with van der Waals surface area (Å²) in [5.41, 5.74) is -0.108. The molecule has 10 heteroatoms. The third kappa shape index (κ3) is 5.61. The van der Waals surface area contributed by atoms with Gasteiger partial charge in [0.1, 0.15) is 4.90 Å². The zero-order valence-electron chi connectivity index (χ0n) is 16.0. The van der Waals surface area contributed by atoms with Crippen LogP contribution in [0.3, 0.4) is 0 Å². The van der Waals surface area contributed by atoms with E-state index in [9.17, 15) is 28.1 Å². The average Bonchev–Trinajstić information content (AvgIpc) is 2.67. The third-order valence-electron chi connectivity index (χ3n) is 4.10. The number of nitrogens with one attached hydrogen (secondary N) is 1. The Bertz CT molecular complexity index is 1040. The van der Waals surface area contributed by atoms with E-state index in [4.69, 9.17) is 4.74 Å². The third-order valence-corrected chi connectivity index (χ3v) is 5.25. The summed E-state index contributed by atoms with van der Waals surface area (Å²) in [7, 11) is -3.86. The number of nitrogens with zero attached hydrogens (tertiary/aromatic N) is 1. The zero-order valence-corrected chi connectivity index (χ0v) is 16.8. The van der Waals surface area contributed by atoms with Gasteiger partial charge in [0.05, 0.1) is 16.5 Å². The fourth-order valence-corrected chi connectivity index (χ4v) is 3.37. The molecule has 1 amide bonds. The van der Waals surface area contributed by atoms with Gasteiger partial charge in [-0.3, -0.25) is 14.9 Å². The lowest BCUT2D eigenvalue weighted by Crippen LogP contribution is -2.37. The quantitative estimate of drug-likeness (QED) is 0.413. The number of benzene rings is 2. The molecule has 2 aromatic carbocycles. The van der Waals surface area contributed by atoms with Crippen molar-refractivity contribution in [1.82, 2.24) is 5.32 Å². The number of hydrogen-bond acceptors (Lipinski definition) is 7. The van der Waals surface area contributed by atoms with Gasteiger partial charge in [0.15, 0.2) is 15.9 Å². The first kappa shape index (κ1) is 22.0. The molecule has 1 N–H and O–H groups in total. The van der Waals surface area contributed by atoms with Crippen LogP contribution in [0.2, 0.25) is 0 Å². The predicted octanol–water partition coefficient (Wildman–Crippen LogP) is 2.42. The van der Waals surface area contributed by atoms with E-state index in [0.29, 0.717) is 0 Å². The van der Waals surface area contributed by atoms with E-state index in [1.54, 1.807) is 6.92 Å². The smallest absolute Gasteiger partial charge is 0.339 e. The number of amides is 1. The highest BCUT2D eigenvalue weighted by atomic mass is 32.2. The molecule has 0 spiro atoms. The van der Waals surface area contributed by atoms with Crippen molar-refractivity contribution >= 4 is 27.4 Å². The molecule has 0 bridgehead atoms. The highest BCUT2D eigenvalue weighted by molar-refractivity contribution is 7.90. The molecule has 0 aliphatic heterocycles. The first-order chi connectivity index (χ1) is 13.5. The molecule has 154 valence electrons. The van der Waals surface area contributed by atoms with Crippen LogP contribution in [0.5, 0.6) is 0 Å². The number of hydrogen-bond donors (Lipinski definition) is 1. The summed E-state index contributed by atoms with van der Waals surface area (Å²) < 4.78 is 28.4. The van der Waals surface area contributed by atoms with Gasteiger partial charge in [-0.1, -0.05) is 30.3 Å². The Morgan fingerprint density at radius 1 is 1.10 bits per heavy atom. The van der Waals surface area contributed by atoms with Gasteiger partial charge in [0.25, 0.3) is 11.6 Å². The molecule has 9 nitrogen and oxygen atoms in total. The number of carbonyl (C=O) groups excluding carboxylic acids is 2. The second-order valence-corrected chi connectivity index (χ2v) is 8.38. The Morgan fingerprint density at radius 3 is 2.28 bits per heavy atom. The number of ether oxygens (including phenoxy) is 1. The van der Waals surface area contributed by atoms with Crippen molar-refractivity contribution in [2.75, 3.05) is 6.26 Å². The van der Waals surface area contributed by atoms with Gasteiger partial charge < -0.3 is 10.1 Å². The monoisotopic (exact) mass is 420 g/mol. The lowest BCUT2D eigenvalue weighted by Gasteiger charge is -2.18. The molecule has 0 radical (unpaired) electrons. The average molecular weight is 420 g/mol. The first-order valence-corrected chi connectivity index (χ1v) is 10.4. The molecule has 2 atom stereocenters. The van der Waals surface area contributed by atoms with Crippen molar-refractivity contribution in [1.29, 1.82) is 0 Å². The maximum Gasteiger partial charge on any atom is 0.339 e. The molecule has 2 rings (SSSR count). The molecule has 0 saturated carbocycles. The Hall–Kier alpha value is -3.27. The normalized spacial score (nSPS) is 13.2. The van der Waals surface area contributed by atoms with E-state index in [-0.39, 0.29) is 11.6 Å². The summed E-state index contributed by atoms with van der Waals surface area (Å²) >= 11 is 0. The van der Waals surface area contributed by atoms with Crippen LogP contribution in [0, 0.1) is 10.1 Å². The molecular weight excluding hydrogens is 400 g/mol. The van der Waals surface area contributed by atoms with Gasteiger partial charge in [0.2, 0.25) is 0 Å². The minimum absolute atomic E-state index is 0.236. The molecular formula is C19H20N2O7S. The van der Waals surface area contributed by atoms with Crippen molar-refractivity contribution in [2.45, 2.75) is 30.9 Å². The minimum Gasteiger partial charge on any atom is -0.449 e. The SMILES string of the molecule is C[C@H](OC(=O)c1ccc(S(C)(=O)=O)c([N+](=O)[O-])c1)C(=O)N[C@@H](C)c1ccccc1. The highest BCUT2D eigenvalue weighted by Crippen LogP contribution is 2.25. The number of nitro groups is 1. The van der Waals surface area contributed by atoms with Gasteiger partial charge in [-0.05, 0) is 31.5 Å². The molecule has 0 aromatic heterocycles. The molecule has 0 fully saturated rings. The van der Waals surface area contributed by atoms with E-state index >= 15 is 0 Å². The van der Waals surface area contributed by atoms with Crippen LogP contribution in [0.15, 0.2) is 53.4 Å². The van der Waals surface area contributed by atoms with Gasteiger partial charge >= 0.3 is 5.97 Å². The fourth-order valence-electron chi connectivity index (χ4n) is 2.54. The van der Waals surface area contributed by atoms with Crippen molar-refractivity contribution in [3.8, 4) is 0 Å². The summed E-state index contributed by atoms with van der Waals surface area (Å²) in [6.07, 6.45) is -0.338. The largest absolute Gasteiger partial charge is 0.449 e. The predicted molar refractivity (Wildman–Crippen MR) is 104 cm³/mol. The van der Waals surface area contributed by atoms with Gasteiger partial charge in [0, 0.05) is 12.3 Å².